The van der Waals surface area contributed by atoms with Crippen LogP contribution in [0.1, 0.15) is 5.56 Å². The molecule has 0 unspecified atom stereocenters. The van der Waals surface area contributed by atoms with Crippen molar-refractivity contribution in [3.05, 3.63) is 72.3 Å². The minimum Gasteiger partial charge on any atom is -0.348 e. The van der Waals surface area contributed by atoms with Crippen LogP contribution >= 0.6 is 0 Å². The van der Waals surface area contributed by atoms with E-state index in [1.165, 1.54) is 40.6 Å². The van der Waals surface area contributed by atoms with Gasteiger partial charge in [0, 0.05) is 28.4 Å². The maximum atomic E-state index is 13.9. The van der Waals surface area contributed by atoms with Gasteiger partial charge < -0.3 is 18.9 Å². The Kier molecular flexibility index (Phi) is 6.37. The molecule has 2 aromatic carbocycles. The number of hydrogen-bond acceptors (Lipinski definition) is 7. The molecule has 8 heteroatoms. The summed E-state index contributed by atoms with van der Waals surface area (Å²) in [5, 5.41) is 10.4. The van der Waals surface area contributed by atoms with Crippen LogP contribution in [0.25, 0.3) is 6.08 Å². The van der Waals surface area contributed by atoms with E-state index in [1.807, 2.05) is 36.4 Å². The zero-order valence-corrected chi connectivity index (χ0v) is 18.6. The predicted octanol–water partition coefficient (Wildman–Crippen LogP) is 3.04. The van der Waals surface area contributed by atoms with Crippen molar-refractivity contribution in [2.45, 2.75) is 21.2 Å². The molecule has 164 valence electrons. The average Bonchev–Trinajstić information content (AvgIpc) is 2.81. The summed E-state index contributed by atoms with van der Waals surface area (Å²) in [6.45, 7) is 0. The van der Waals surface area contributed by atoms with Crippen molar-refractivity contribution in [2.24, 2.45) is 5.92 Å². The molecule has 0 radical (unpaired) electrons. The van der Waals surface area contributed by atoms with Gasteiger partial charge >= 0.3 is 0 Å². The van der Waals surface area contributed by atoms with E-state index in [0.29, 0.717) is 0 Å². The maximum Gasteiger partial charge on any atom is 0.259 e. The van der Waals surface area contributed by atoms with Gasteiger partial charge in [-0.2, -0.15) is 5.26 Å². The van der Waals surface area contributed by atoms with Gasteiger partial charge in [-0.15, -0.1) is 0 Å². The van der Waals surface area contributed by atoms with E-state index in [4.69, 9.17) is 18.9 Å². The highest BCUT2D eigenvalue weighted by Crippen LogP contribution is 2.64. The molecule has 2 aromatic rings. The summed E-state index contributed by atoms with van der Waals surface area (Å²) >= 11 is 0. The molecule has 1 aliphatic rings. The number of sulfone groups is 1. The molecule has 1 saturated carbocycles. The smallest absolute Gasteiger partial charge is 0.259 e. The van der Waals surface area contributed by atoms with Gasteiger partial charge in [-0.1, -0.05) is 60.7 Å². The SMILES string of the molecule is COC1(OC)[C@H](/C=C/c2ccccc2)[C@](C#N)(S(=O)(=O)c2ccccc2)C1(OC)OC. The van der Waals surface area contributed by atoms with Crippen molar-refractivity contribution < 1.29 is 27.4 Å². The zero-order chi connectivity index (χ0) is 22.8. The zero-order valence-electron chi connectivity index (χ0n) is 17.8. The molecule has 1 fully saturated rings. The number of ether oxygens (including phenoxy) is 4. The molecule has 0 saturated heterocycles. The van der Waals surface area contributed by atoms with Crippen LogP contribution in [0.15, 0.2) is 71.6 Å². The van der Waals surface area contributed by atoms with Gasteiger partial charge in [-0.3, -0.25) is 0 Å². The maximum absolute atomic E-state index is 13.9. The Morgan fingerprint density at radius 2 is 1.39 bits per heavy atom. The van der Waals surface area contributed by atoms with Gasteiger partial charge in [-0.25, -0.2) is 8.42 Å². The molecular weight excluding hydrogens is 418 g/mol. The third-order valence-corrected chi connectivity index (χ3v) is 8.26. The van der Waals surface area contributed by atoms with Gasteiger partial charge in [-0.05, 0) is 17.7 Å². The Hall–Kier alpha value is -2.54. The molecule has 0 heterocycles. The van der Waals surface area contributed by atoms with Crippen molar-refractivity contribution in [1.29, 1.82) is 5.26 Å². The highest BCUT2D eigenvalue weighted by atomic mass is 32.2. The van der Waals surface area contributed by atoms with Gasteiger partial charge in [0.15, 0.2) is 0 Å². The van der Waals surface area contributed by atoms with E-state index in [0.717, 1.165) is 5.56 Å². The number of nitrogens with zero attached hydrogens (tertiary/aromatic N) is 1. The molecule has 0 aromatic heterocycles. The molecule has 0 N–H and O–H groups in total. The molecule has 0 aliphatic heterocycles. The number of benzene rings is 2. The van der Waals surface area contributed by atoms with Crippen LogP contribution in [0.5, 0.6) is 0 Å². The lowest BCUT2D eigenvalue weighted by molar-refractivity contribution is -0.463. The molecule has 31 heavy (non-hydrogen) atoms. The van der Waals surface area contributed by atoms with Crippen LogP contribution in [-0.2, 0) is 28.8 Å². The van der Waals surface area contributed by atoms with E-state index in [1.54, 1.807) is 30.4 Å². The van der Waals surface area contributed by atoms with Gasteiger partial charge in [0.2, 0.25) is 20.4 Å². The first kappa shape index (κ1) is 23.1. The third kappa shape index (κ3) is 2.89. The van der Waals surface area contributed by atoms with Crippen LogP contribution in [0.3, 0.4) is 0 Å². The Morgan fingerprint density at radius 1 is 0.871 bits per heavy atom. The van der Waals surface area contributed by atoms with Crippen LogP contribution in [0, 0.1) is 17.2 Å². The van der Waals surface area contributed by atoms with E-state index in [9.17, 15) is 13.7 Å². The number of rotatable bonds is 8. The van der Waals surface area contributed by atoms with Crippen molar-refractivity contribution >= 4 is 15.9 Å². The van der Waals surface area contributed by atoms with E-state index >= 15 is 0 Å². The average molecular weight is 444 g/mol. The summed E-state index contributed by atoms with van der Waals surface area (Å²) in [7, 11) is 0.929. The fourth-order valence-corrected chi connectivity index (χ4v) is 6.74. The van der Waals surface area contributed by atoms with E-state index in [-0.39, 0.29) is 4.90 Å². The van der Waals surface area contributed by atoms with Crippen LogP contribution in [0.2, 0.25) is 0 Å². The molecule has 3 rings (SSSR count). The third-order valence-electron chi connectivity index (χ3n) is 5.90. The molecule has 7 nitrogen and oxygen atoms in total. The Bertz CT molecular complexity index is 1070. The molecule has 0 bridgehead atoms. The van der Waals surface area contributed by atoms with Crippen molar-refractivity contribution in [3.63, 3.8) is 0 Å². The van der Waals surface area contributed by atoms with Crippen molar-refractivity contribution in [1.82, 2.24) is 0 Å². The van der Waals surface area contributed by atoms with Crippen LogP contribution in [-0.4, -0.2) is 53.2 Å². The van der Waals surface area contributed by atoms with Gasteiger partial charge in [0.1, 0.15) is 0 Å². The number of hydrogen-bond donors (Lipinski definition) is 0. The Balaban J connectivity index is 2.31. The quantitative estimate of drug-likeness (QED) is 0.579. The number of methoxy groups -OCH3 is 4. The highest BCUT2D eigenvalue weighted by Gasteiger charge is 2.89. The first-order chi connectivity index (χ1) is 14.9. The molecule has 2 atom stereocenters. The Labute approximate surface area is 182 Å². The first-order valence-electron chi connectivity index (χ1n) is 9.52. The van der Waals surface area contributed by atoms with E-state index < -0.39 is 32.1 Å². The molecular formula is C23H25NO6S. The monoisotopic (exact) mass is 443 g/mol. The fraction of sp³-hybridized carbons (Fsp3) is 0.348. The minimum atomic E-state index is -4.31. The summed E-state index contributed by atoms with van der Waals surface area (Å²) in [4.78, 5) is -0.0334. The molecule has 0 amide bonds. The summed E-state index contributed by atoms with van der Waals surface area (Å²) in [6, 6.07) is 19.0. The highest BCUT2D eigenvalue weighted by molar-refractivity contribution is 7.93. The van der Waals surface area contributed by atoms with Crippen LogP contribution < -0.4 is 0 Å². The summed E-state index contributed by atoms with van der Waals surface area (Å²) in [6.07, 6.45) is 3.32. The van der Waals surface area contributed by atoms with Crippen molar-refractivity contribution in [3.8, 4) is 6.07 Å². The van der Waals surface area contributed by atoms with Gasteiger partial charge in [0.05, 0.1) is 16.9 Å². The molecule has 1 aliphatic carbocycles. The predicted molar refractivity (Wildman–Crippen MR) is 114 cm³/mol. The summed E-state index contributed by atoms with van der Waals surface area (Å²) in [5.74, 6) is -4.83. The first-order valence-corrected chi connectivity index (χ1v) is 11.0. The lowest BCUT2D eigenvalue weighted by atomic mass is 9.61. The lowest BCUT2D eigenvalue weighted by Gasteiger charge is -2.65. The van der Waals surface area contributed by atoms with Crippen molar-refractivity contribution in [2.75, 3.05) is 28.4 Å². The lowest BCUT2D eigenvalue weighted by Crippen LogP contribution is -2.89. The normalized spacial score (nSPS) is 24.4. The van der Waals surface area contributed by atoms with Crippen LogP contribution in [0.4, 0.5) is 0 Å². The minimum absolute atomic E-state index is 0.0334. The second-order valence-electron chi connectivity index (χ2n) is 7.01. The fourth-order valence-electron chi connectivity index (χ4n) is 4.50. The standard InChI is InChI=1S/C23H25NO6S/c1-27-22(28-2)20(16-15-18-11-7-5-8-12-18)21(17-24,23(22,29-3)30-4)31(25,26)19-13-9-6-10-14-19/h5-16,20H,1-4H3/b16-15+/t20-,21+/m1/s1. The second kappa shape index (κ2) is 8.54. The Morgan fingerprint density at radius 3 is 1.84 bits per heavy atom. The number of nitriles is 1. The largest absolute Gasteiger partial charge is 0.348 e. The topological polar surface area (TPSA) is 94.9 Å². The summed E-state index contributed by atoms with van der Waals surface area (Å²) < 4.78 is 48.2. The summed E-state index contributed by atoms with van der Waals surface area (Å²) in [5.41, 5.74) is 0.819. The van der Waals surface area contributed by atoms with E-state index in [2.05, 4.69) is 0 Å². The molecule has 0 spiro atoms. The van der Waals surface area contributed by atoms with Gasteiger partial charge in [0.25, 0.3) is 5.79 Å². The second-order valence-corrected chi connectivity index (χ2v) is 9.13.